The maximum absolute atomic E-state index is 13.4. The van der Waals surface area contributed by atoms with E-state index in [1.165, 1.54) is 16.8 Å². The van der Waals surface area contributed by atoms with E-state index in [2.05, 4.69) is 15.1 Å². The topological polar surface area (TPSA) is 140 Å². The number of aryl methyl sites for hydroxylation is 1. The minimum Gasteiger partial charge on any atom is -0.476 e. The number of carbonyl (C=O) groups excluding carboxylic acids is 1. The molecule has 1 fully saturated rings. The molecule has 2 aromatic carbocycles. The van der Waals surface area contributed by atoms with E-state index in [0.717, 1.165) is 18.4 Å². The largest absolute Gasteiger partial charge is 0.476 e. The monoisotopic (exact) mass is 526 g/mol. The molecule has 1 aromatic heterocycles. The summed E-state index contributed by atoms with van der Waals surface area (Å²) < 4.78 is 36.8. The van der Waals surface area contributed by atoms with Crippen molar-refractivity contribution in [1.82, 2.24) is 14.5 Å². The van der Waals surface area contributed by atoms with Gasteiger partial charge in [0.25, 0.3) is 0 Å². The van der Waals surface area contributed by atoms with Gasteiger partial charge in [0.1, 0.15) is 10.6 Å². The van der Waals surface area contributed by atoms with Gasteiger partial charge in [-0.3, -0.25) is 4.79 Å². The summed E-state index contributed by atoms with van der Waals surface area (Å²) >= 11 is 0. The summed E-state index contributed by atoms with van der Waals surface area (Å²) in [6, 6.07) is 11.2. The lowest BCUT2D eigenvalue weighted by atomic mass is 10.2. The molecule has 11 heteroatoms. The first-order valence-electron chi connectivity index (χ1n) is 12.0. The van der Waals surface area contributed by atoms with Crippen LogP contribution in [0, 0.1) is 19.8 Å². The molecule has 0 bridgehead atoms. The van der Waals surface area contributed by atoms with Gasteiger partial charge in [-0.2, -0.15) is 9.78 Å². The molecule has 196 valence electrons. The third-order valence-electron chi connectivity index (χ3n) is 6.17. The summed E-state index contributed by atoms with van der Waals surface area (Å²) in [4.78, 5) is 23.9. The van der Waals surface area contributed by atoms with E-state index in [-0.39, 0.29) is 45.6 Å². The van der Waals surface area contributed by atoms with Gasteiger partial charge in [-0.15, -0.1) is 0 Å². The number of aromatic carboxylic acids is 1. The number of hydrogen-bond donors (Lipinski definition) is 3. The Morgan fingerprint density at radius 1 is 1.16 bits per heavy atom. The van der Waals surface area contributed by atoms with E-state index < -0.39 is 16.0 Å². The van der Waals surface area contributed by atoms with Crippen LogP contribution in [-0.4, -0.2) is 41.2 Å². The molecule has 1 atom stereocenters. The molecule has 4 rings (SSSR count). The van der Waals surface area contributed by atoms with Gasteiger partial charge in [0.05, 0.1) is 5.69 Å². The zero-order valence-electron chi connectivity index (χ0n) is 21.1. The fourth-order valence-electron chi connectivity index (χ4n) is 3.65. The summed E-state index contributed by atoms with van der Waals surface area (Å²) in [6.45, 7) is 7.07. The number of nitrogens with zero attached hydrogens (tertiary/aromatic N) is 2. The van der Waals surface area contributed by atoms with Gasteiger partial charge in [0.2, 0.25) is 21.8 Å². The standard InChI is InChI=1S/C26H30N4O6S/c1-5-16(3)29-37(34,35)22-14-19(27-24(31)18-8-9-18)10-13-21(22)36-25-17(4)23(26(32)33)28-30(25)20-11-6-15(2)7-12-20/h6-7,10-14,16,18,29H,5,8-9H2,1-4H3,(H,27,31)(H,32,33)/t16-/m1/s1. The number of carboxylic acids is 1. The van der Waals surface area contributed by atoms with Crippen LogP contribution in [0.2, 0.25) is 0 Å². The lowest BCUT2D eigenvalue weighted by Gasteiger charge is -2.17. The Labute approximate surface area is 215 Å². The van der Waals surface area contributed by atoms with Crippen molar-refractivity contribution in [1.29, 1.82) is 0 Å². The Morgan fingerprint density at radius 2 is 1.84 bits per heavy atom. The highest BCUT2D eigenvalue weighted by Crippen LogP contribution is 2.36. The molecule has 0 aliphatic heterocycles. The zero-order valence-corrected chi connectivity index (χ0v) is 21.9. The zero-order chi connectivity index (χ0) is 26.9. The Hall–Kier alpha value is -3.70. The maximum Gasteiger partial charge on any atom is 0.356 e. The normalized spacial score (nSPS) is 14.3. The van der Waals surface area contributed by atoms with Crippen molar-refractivity contribution in [2.75, 3.05) is 5.32 Å². The maximum atomic E-state index is 13.4. The van der Waals surface area contributed by atoms with Crippen LogP contribution in [0.1, 0.15) is 54.7 Å². The number of benzene rings is 2. The van der Waals surface area contributed by atoms with Gasteiger partial charge in [0, 0.05) is 23.2 Å². The van der Waals surface area contributed by atoms with Crippen LogP contribution in [-0.2, 0) is 14.8 Å². The van der Waals surface area contributed by atoms with E-state index in [1.807, 2.05) is 26.0 Å². The number of amides is 1. The first-order chi connectivity index (χ1) is 17.5. The molecule has 0 spiro atoms. The minimum absolute atomic E-state index is 0.0338. The van der Waals surface area contributed by atoms with Crippen LogP contribution in [0.15, 0.2) is 47.4 Å². The number of carbonyl (C=O) groups is 2. The Morgan fingerprint density at radius 3 is 2.43 bits per heavy atom. The second-order valence-corrected chi connectivity index (χ2v) is 11.0. The summed E-state index contributed by atoms with van der Waals surface area (Å²) in [5.41, 5.74) is 1.89. The summed E-state index contributed by atoms with van der Waals surface area (Å²) in [7, 11) is -4.06. The molecule has 1 aliphatic rings. The number of rotatable bonds is 10. The summed E-state index contributed by atoms with van der Waals surface area (Å²) in [5, 5.41) is 16.6. The number of nitrogens with one attached hydrogen (secondary N) is 2. The molecule has 1 heterocycles. The third-order valence-corrected chi connectivity index (χ3v) is 7.78. The molecule has 0 saturated heterocycles. The summed E-state index contributed by atoms with van der Waals surface area (Å²) in [5.74, 6) is -1.43. The van der Waals surface area contributed by atoms with Crippen LogP contribution in [0.5, 0.6) is 11.6 Å². The Kier molecular flexibility index (Phi) is 7.37. The van der Waals surface area contributed by atoms with Gasteiger partial charge in [-0.05, 0) is 70.4 Å². The number of hydrogen-bond acceptors (Lipinski definition) is 6. The predicted molar refractivity (Wildman–Crippen MR) is 138 cm³/mol. The van der Waals surface area contributed by atoms with Crippen LogP contribution in [0.3, 0.4) is 0 Å². The molecule has 3 aromatic rings. The van der Waals surface area contributed by atoms with Crippen molar-refractivity contribution in [3.8, 4) is 17.3 Å². The van der Waals surface area contributed by atoms with Crippen molar-refractivity contribution in [3.05, 3.63) is 59.3 Å². The fraction of sp³-hybridized carbons (Fsp3) is 0.346. The molecule has 3 N–H and O–H groups in total. The van der Waals surface area contributed by atoms with Crippen molar-refractivity contribution >= 4 is 27.6 Å². The van der Waals surface area contributed by atoms with E-state index in [4.69, 9.17) is 4.74 Å². The number of carboxylic acid groups (broad SMARTS) is 1. The second kappa shape index (κ2) is 10.3. The van der Waals surface area contributed by atoms with Gasteiger partial charge in [-0.1, -0.05) is 24.6 Å². The van der Waals surface area contributed by atoms with Gasteiger partial charge in [-0.25, -0.2) is 17.9 Å². The fourth-order valence-corrected chi connectivity index (χ4v) is 5.13. The highest BCUT2D eigenvalue weighted by molar-refractivity contribution is 7.89. The highest BCUT2D eigenvalue weighted by atomic mass is 32.2. The summed E-state index contributed by atoms with van der Waals surface area (Å²) in [6.07, 6.45) is 2.18. The van der Waals surface area contributed by atoms with Crippen LogP contribution >= 0.6 is 0 Å². The molecule has 1 saturated carbocycles. The molecular formula is C26H30N4O6S. The first-order valence-corrected chi connectivity index (χ1v) is 13.5. The molecule has 1 amide bonds. The molecule has 1 aliphatic carbocycles. The Bertz CT molecular complexity index is 1440. The van der Waals surface area contributed by atoms with Crippen molar-refractivity contribution in [3.63, 3.8) is 0 Å². The van der Waals surface area contributed by atoms with E-state index >= 15 is 0 Å². The Balaban J connectivity index is 1.81. The average Bonchev–Trinajstić information content (AvgIpc) is 3.65. The van der Waals surface area contributed by atoms with Gasteiger partial charge >= 0.3 is 5.97 Å². The third kappa shape index (κ3) is 5.83. The molecular weight excluding hydrogens is 496 g/mol. The minimum atomic E-state index is -4.06. The molecule has 0 unspecified atom stereocenters. The van der Waals surface area contributed by atoms with Crippen molar-refractivity contribution in [2.45, 2.75) is 57.9 Å². The van der Waals surface area contributed by atoms with Crippen LogP contribution < -0.4 is 14.8 Å². The molecule has 10 nitrogen and oxygen atoms in total. The van der Waals surface area contributed by atoms with E-state index in [9.17, 15) is 23.1 Å². The van der Waals surface area contributed by atoms with Gasteiger partial charge < -0.3 is 15.2 Å². The predicted octanol–water partition coefficient (Wildman–Crippen LogP) is 4.40. The van der Waals surface area contributed by atoms with Crippen molar-refractivity contribution < 1.29 is 27.9 Å². The van der Waals surface area contributed by atoms with Gasteiger partial charge in [0.15, 0.2) is 5.69 Å². The molecule has 37 heavy (non-hydrogen) atoms. The van der Waals surface area contributed by atoms with Crippen LogP contribution in [0.25, 0.3) is 5.69 Å². The van der Waals surface area contributed by atoms with E-state index in [0.29, 0.717) is 17.8 Å². The van der Waals surface area contributed by atoms with E-state index in [1.54, 1.807) is 32.0 Å². The lowest BCUT2D eigenvalue weighted by molar-refractivity contribution is -0.117. The molecule has 0 radical (unpaired) electrons. The highest BCUT2D eigenvalue weighted by Gasteiger charge is 2.31. The quantitative estimate of drug-likeness (QED) is 0.356. The van der Waals surface area contributed by atoms with Crippen LogP contribution in [0.4, 0.5) is 5.69 Å². The number of sulfonamides is 1. The number of ether oxygens (including phenoxy) is 1. The smallest absolute Gasteiger partial charge is 0.356 e. The second-order valence-electron chi connectivity index (χ2n) is 9.29. The average molecular weight is 527 g/mol. The SMILES string of the molecule is CC[C@@H](C)NS(=O)(=O)c1cc(NC(=O)C2CC2)ccc1Oc1c(C)c(C(=O)O)nn1-c1ccc(C)cc1. The number of aromatic nitrogens is 2. The van der Waals surface area contributed by atoms with Crippen molar-refractivity contribution in [2.24, 2.45) is 5.92 Å². The lowest BCUT2D eigenvalue weighted by Crippen LogP contribution is -2.32. The first kappa shape index (κ1) is 26.4. The number of anilines is 1.